The molecule has 0 bridgehead atoms. The van der Waals surface area contributed by atoms with Gasteiger partial charge in [0.05, 0.1) is 0 Å². The lowest BCUT2D eigenvalue weighted by atomic mass is 9.98. The van der Waals surface area contributed by atoms with Gasteiger partial charge in [0, 0.05) is 5.92 Å². The molecule has 0 aromatic carbocycles. The molecule has 84 valence electrons. The highest BCUT2D eigenvalue weighted by atomic mass is 15.7. The molecule has 2 fully saturated rings. The second-order valence-corrected chi connectivity index (χ2v) is 5.60. The molecule has 1 aromatic heterocycles. The van der Waals surface area contributed by atoms with Crippen LogP contribution in [0.25, 0.3) is 0 Å². The highest BCUT2D eigenvalue weighted by Gasteiger charge is 2.55. The molecule has 4 nitrogen and oxygen atoms in total. The SMILES string of the molecule is CC1CCC(C2=N[N+]3(CC3)c3cn[nH]c32)C1. The van der Waals surface area contributed by atoms with Crippen LogP contribution in [0.5, 0.6) is 0 Å². The summed E-state index contributed by atoms with van der Waals surface area (Å²) in [5, 5.41) is 12.3. The number of aromatic nitrogens is 2. The van der Waals surface area contributed by atoms with Crippen LogP contribution in [-0.4, -0.2) is 29.0 Å². The summed E-state index contributed by atoms with van der Waals surface area (Å²) < 4.78 is 0.839. The lowest BCUT2D eigenvalue weighted by Gasteiger charge is -2.06. The standard InChI is InChI=1S/C12H17N4/c1-8-2-3-9(6-8)11-12-10(7-13-14-12)16(15-11)4-5-16/h7-9H,2-6H2,1H3,(H,13,14)/q+1. The van der Waals surface area contributed by atoms with Crippen molar-refractivity contribution < 1.29 is 0 Å². The third kappa shape index (κ3) is 1.03. The third-order valence-corrected chi connectivity index (χ3v) is 4.35. The second kappa shape index (κ2) is 2.74. The van der Waals surface area contributed by atoms with Crippen LogP contribution in [0, 0.1) is 11.8 Å². The Morgan fingerprint density at radius 3 is 2.94 bits per heavy atom. The molecule has 1 aromatic rings. The van der Waals surface area contributed by atoms with Gasteiger partial charge < -0.3 is 0 Å². The van der Waals surface area contributed by atoms with E-state index < -0.39 is 0 Å². The number of nitrogens with zero attached hydrogens (tertiary/aromatic N) is 3. The van der Waals surface area contributed by atoms with Gasteiger partial charge in [0.25, 0.3) is 0 Å². The van der Waals surface area contributed by atoms with Crippen molar-refractivity contribution in [3.05, 3.63) is 11.9 Å². The molecule has 2 unspecified atom stereocenters. The summed E-state index contributed by atoms with van der Waals surface area (Å²) in [6, 6.07) is 0. The number of H-pyrrole nitrogens is 1. The zero-order valence-corrected chi connectivity index (χ0v) is 9.61. The monoisotopic (exact) mass is 217 g/mol. The van der Waals surface area contributed by atoms with Crippen molar-refractivity contribution in [1.82, 2.24) is 14.8 Å². The van der Waals surface area contributed by atoms with Crippen LogP contribution in [0.4, 0.5) is 5.69 Å². The van der Waals surface area contributed by atoms with Gasteiger partial charge in [-0.3, -0.25) is 5.10 Å². The van der Waals surface area contributed by atoms with Crippen molar-refractivity contribution in [3.63, 3.8) is 0 Å². The van der Waals surface area contributed by atoms with Crippen molar-refractivity contribution in [1.29, 1.82) is 0 Å². The molecular weight excluding hydrogens is 200 g/mol. The van der Waals surface area contributed by atoms with Gasteiger partial charge in [-0.1, -0.05) is 18.4 Å². The summed E-state index contributed by atoms with van der Waals surface area (Å²) in [6.07, 6.45) is 5.93. The number of hydrogen-bond acceptors (Lipinski definition) is 2. The maximum Gasteiger partial charge on any atom is 0.207 e. The molecule has 3 heterocycles. The lowest BCUT2D eigenvalue weighted by molar-refractivity contribution is 0.575. The zero-order chi connectivity index (χ0) is 10.8. The summed E-state index contributed by atoms with van der Waals surface area (Å²) >= 11 is 0. The number of aromatic amines is 1. The molecule has 1 aliphatic carbocycles. The van der Waals surface area contributed by atoms with E-state index in [4.69, 9.17) is 5.10 Å². The fourth-order valence-corrected chi connectivity index (χ4v) is 3.27. The number of nitrogens with one attached hydrogen (secondary N) is 1. The van der Waals surface area contributed by atoms with Crippen molar-refractivity contribution in [2.24, 2.45) is 16.9 Å². The molecule has 1 saturated heterocycles. The Morgan fingerprint density at radius 2 is 2.25 bits per heavy atom. The summed E-state index contributed by atoms with van der Waals surface area (Å²) in [5.41, 5.74) is 3.86. The fraction of sp³-hybridized carbons (Fsp3) is 0.667. The van der Waals surface area contributed by atoms with Crippen LogP contribution < -0.4 is 4.59 Å². The minimum absolute atomic E-state index is 0.673. The van der Waals surface area contributed by atoms with Gasteiger partial charge in [-0.05, 0) is 18.8 Å². The van der Waals surface area contributed by atoms with Crippen molar-refractivity contribution in [2.45, 2.75) is 26.2 Å². The van der Waals surface area contributed by atoms with Gasteiger partial charge in [0.2, 0.25) is 5.69 Å². The largest absolute Gasteiger partial charge is 0.270 e. The van der Waals surface area contributed by atoms with Crippen LogP contribution >= 0.6 is 0 Å². The van der Waals surface area contributed by atoms with Gasteiger partial charge in [-0.15, -0.1) is 0 Å². The van der Waals surface area contributed by atoms with Crippen LogP contribution in [0.2, 0.25) is 0 Å². The molecule has 4 heteroatoms. The summed E-state index contributed by atoms with van der Waals surface area (Å²) in [5.74, 6) is 1.54. The fourth-order valence-electron chi connectivity index (χ4n) is 3.27. The zero-order valence-electron chi connectivity index (χ0n) is 9.61. The third-order valence-electron chi connectivity index (χ3n) is 4.35. The minimum Gasteiger partial charge on any atom is -0.270 e. The molecule has 2 aliphatic heterocycles. The maximum absolute atomic E-state index is 4.96. The average Bonchev–Trinajstić information content (AvgIpc) is 2.68. The Labute approximate surface area is 94.9 Å². The van der Waals surface area contributed by atoms with Gasteiger partial charge in [0.1, 0.15) is 17.6 Å². The van der Waals surface area contributed by atoms with Crippen molar-refractivity contribution in [2.75, 3.05) is 13.1 Å². The molecule has 4 rings (SSSR count). The molecule has 1 spiro atoms. The highest BCUT2D eigenvalue weighted by molar-refractivity contribution is 6.07. The number of fused-ring (bicyclic) bond motifs is 2. The molecule has 1 saturated carbocycles. The predicted molar refractivity (Wildman–Crippen MR) is 63.2 cm³/mol. The van der Waals surface area contributed by atoms with Crippen molar-refractivity contribution >= 4 is 11.4 Å². The van der Waals surface area contributed by atoms with Gasteiger partial charge in [-0.25, -0.2) is 0 Å². The Kier molecular flexibility index (Phi) is 1.53. The Hall–Kier alpha value is -1.16. The molecule has 0 amide bonds. The van der Waals surface area contributed by atoms with Gasteiger partial charge >= 0.3 is 0 Å². The topological polar surface area (TPSA) is 41.0 Å². The van der Waals surface area contributed by atoms with Crippen LogP contribution in [0.15, 0.2) is 11.3 Å². The summed E-state index contributed by atoms with van der Waals surface area (Å²) in [4.78, 5) is 0. The molecule has 1 N–H and O–H groups in total. The van der Waals surface area contributed by atoms with E-state index >= 15 is 0 Å². The average molecular weight is 217 g/mol. The van der Waals surface area contributed by atoms with E-state index in [9.17, 15) is 0 Å². The van der Waals surface area contributed by atoms with Crippen LogP contribution in [-0.2, 0) is 0 Å². The number of hydrogen-bond donors (Lipinski definition) is 1. The quantitative estimate of drug-likeness (QED) is 0.566. The molecule has 3 aliphatic rings. The Bertz CT molecular complexity index is 469. The second-order valence-electron chi connectivity index (χ2n) is 5.60. The van der Waals surface area contributed by atoms with E-state index in [2.05, 4.69) is 17.1 Å². The highest BCUT2D eigenvalue weighted by Crippen LogP contribution is 2.44. The maximum atomic E-state index is 4.96. The predicted octanol–water partition coefficient (Wildman–Crippen LogP) is 1.88. The first-order valence-electron chi connectivity index (χ1n) is 6.30. The Balaban J connectivity index is 1.75. The van der Waals surface area contributed by atoms with E-state index in [1.54, 1.807) is 0 Å². The van der Waals surface area contributed by atoms with E-state index in [0.29, 0.717) is 5.92 Å². The first-order chi connectivity index (χ1) is 7.78. The smallest absolute Gasteiger partial charge is 0.207 e. The molecule has 0 radical (unpaired) electrons. The van der Waals surface area contributed by atoms with Gasteiger partial charge in [-0.2, -0.15) is 9.69 Å². The van der Waals surface area contributed by atoms with Gasteiger partial charge in [0.15, 0.2) is 13.1 Å². The number of quaternary nitrogens is 1. The van der Waals surface area contributed by atoms with E-state index in [0.717, 1.165) is 23.6 Å². The first-order valence-corrected chi connectivity index (χ1v) is 6.30. The van der Waals surface area contributed by atoms with E-state index in [1.807, 2.05) is 6.20 Å². The summed E-state index contributed by atoms with van der Waals surface area (Å²) in [7, 11) is 0. The first kappa shape index (κ1) is 8.93. The molecule has 16 heavy (non-hydrogen) atoms. The molecule has 2 atom stereocenters. The summed E-state index contributed by atoms with van der Waals surface area (Å²) in [6.45, 7) is 4.68. The lowest BCUT2D eigenvalue weighted by Crippen LogP contribution is -2.16. The van der Waals surface area contributed by atoms with Crippen LogP contribution in [0.1, 0.15) is 31.9 Å². The number of rotatable bonds is 1. The van der Waals surface area contributed by atoms with E-state index in [-0.39, 0.29) is 0 Å². The van der Waals surface area contributed by atoms with Crippen molar-refractivity contribution in [3.8, 4) is 0 Å². The molecular formula is C12H17N4+. The minimum atomic E-state index is 0.673. The Morgan fingerprint density at radius 1 is 1.38 bits per heavy atom. The normalized spacial score (nSPS) is 34.2. The van der Waals surface area contributed by atoms with E-state index in [1.165, 1.54) is 36.4 Å². The van der Waals surface area contributed by atoms with Crippen LogP contribution in [0.3, 0.4) is 0 Å².